The van der Waals surface area contributed by atoms with Crippen LogP contribution in [0.25, 0.3) is 0 Å². The maximum absolute atomic E-state index is 10.7. The first-order valence-corrected chi connectivity index (χ1v) is 8.65. The maximum Gasteiger partial charge on any atom is 0.269 e. The van der Waals surface area contributed by atoms with E-state index in [1.807, 2.05) is 37.3 Å². The molecular weight excluding hydrogens is 364 g/mol. The quantitative estimate of drug-likeness (QED) is 0.304. The minimum atomic E-state index is -0.432. The molecule has 0 atom stereocenters. The summed E-state index contributed by atoms with van der Waals surface area (Å²) in [4.78, 5) is 14.7. The Balaban J connectivity index is 1.64. The number of nitrogens with zero attached hydrogens (tertiary/aromatic N) is 2. The molecule has 0 saturated heterocycles. The van der Waals surface area contributed by atoms with Gasteiger partial charge < -0.3 is 4.74 Å². The van der Waals surface area contributed by atoms with E-state index in [9.17, 15) is 10.1 Å². The summed E-state index contributed by atoms with van der Waals surface area (Å²) in [5, 5.41) is 11.1. The van der Waals surface area contributed by atoms with Gasteiger partial charge in [0.2, 0.25) is 0 Å². The molecule has 3 aromatic carbocycles. The van der Waals surface area contributed by atoms with E-state index in [4.69, 9.17) is 16.3 Å². The third-order valence-electron chi connectivity index (χ3n) is 3.89. The molecule has 0 unspecified atom stereocenters. The summed E-state index contributed by atoms with van der Waals surface area (Å²) in [6.45, 7) is 2.30. The van der Waals surface area contributed by atoms with Crippen molar-refractivity contribution in [1.82, 2.24) is 0 Å². The van der Waals surface area contributed by atoms with Crippen molar-refractivity contribution in [3.8, 4) is 5.75 Å². The highest BCUT2D eigenvalue weighted by Crippen LogP contribution is 2.26. The van der Waals surface area contributed by atoms with Crippen LogP contribution >= 0.6 is 11.6 Å². The predicted molar refractivity (Wildman–Crippen MR) is 107 cm³/mol. The van der Waals surface area contributed by atoms with Crippen molar-refractivity contribution in [3.05, 3.63) is 98.6 Å². The number of halogens is 1. The molecule has 0 bridgehead atoms. The summed E-state index contributed by atoms with van der Waals surface area (Å²) < 4.78 is 5.71. The lowest BCUT2D eigenvalue weighted by molar-refractivity contribution is -0.384. The number of hydrogen-bond donors (Lipinski definition) is 0. The second-order valence-corrected chi connectivity index (χ2v) is 6.40. The summed E-state index contributed by atoms with van der Waals surface area (Å²) in [6, 6.07) is 19.6. The third kappa shape index (κ3) is 5.15. The van der Waals surface area contributed by atoms with Gasteiger partial charge in [0.05, 0.1) is 15.6 Å². The summed E-state index contributed by atoms with van der Waals surface area (Å²) >= 11 is 6.29. The highest BCUT2D eigenvalue weighted by molar-refractivity contribution is 6.32. The molecule has 0 aliphatic carbocycles. The van der Waals surface area contributed by atoms with Crippen molar-refractivity contribution in [2.24, 2.45) is 4.99 Å². The Kier molecular flexibility index (Phi) is 5.84. The van der Waals surface area contributed by atoms with E-state index in [1.165, 1.54) is 17.7 Å². The van der Waals surface area contributed by atoms with E-state index < -0.39 is 4.92 Å². The summed E-state index contributed by atoms with van der Waals surface area (Å²) in [7, 11) is 0. The van der Waals surface area contributed by atoms with Gasteiger partial charge in [0, 0.05) is 18.3 Å². The molecule has 6 heteroatoms. The van der Waals surface area contributed by atoms with Crippen LogP contribution in [0.15, 0.2) is 71.7 Å². The molecule has 0 aromatic heterocycles. The van der Waals surface area contributed by atoms with Crippen LogP contribution < -0.4 is 4.74 Å². The number of aryl methyl sites for hydroxylation is 1. The Hall–Kier alpha value is -3.18. The fourth-order valence-electron chi connectivity index (χ4n) is 2.37. The van der Waals surface area contributed by atoms with Gasteiger partial charge in [0.15, 0.2) is 0 Å². The molecule has 5 nitrogen and oxygen atoms in total. The monoisotopic (exact) mass is 380 g/mol. The molecule has 0 aliphatic heterocycles. The zero-order chi connectivity index (χ0) is 19.2. The zero-order valence-corrected chi connectivity index (χ0v) is 15.4. The fourth-order valence-corrected chi connectivity index (χ4v) is 2.61. The predicted octanol–water partition coefficient (Wildman–Crippen LogP) is 5.89. The molecule has 0 saturated carbocycles. The molecule has 0 heterocycles. The molecule has 3 aromatic rings. The van der Waals surface area contributed by atoms with Gasteiger partial charge in [-0.1, -0.05) is 29.3 Å². The lowest BCUT2D eigenvalue weighted by Crippen LogP contribution is -1.97. The first kappa shape index (κ1) is 18.6. The lowest BCUT2D eigenvalue weighted by Gasteiger charge is -2.08. The minimum absolute atomic E-state index is 0.0500. The summed E-state index contributed by atoms with van der Waals surface area (Å²) in [5.41, 5.74) is 3.79. The highest BCUT2D eigenvalue weighted by atomic mass is 35.5. The standard InChI is InChI=1S/C21H17ClN2O3/c1-15-2-7-18(8-3-15)23-13-17-6-11-21(20(22)12-17)27-14-16-4-9-19(10-5-16)24(25)26/h2-13H,14H2,1H3. The number of nitro groups is 1. The Labute approximate surface area is 162 Å². The van der Waals surface area contributed by atoms with Crippen molar-refractivity contribution < 1.29 is 9.66 Å². The number of aliphatic imine (C=N–C) groups is 1. The number of hydrogen-bond acceptors (Lipinski definition) is 4. The molecule has 136 valence electrons. The topological polar surface area (TPSA) is 64.7 Å². The number of benzene rings is 3. The van der Waals surface area contributed by atoms with Crippen molar-refractivity contribution >= 4 is 29.2 Å². The third-order valence-corrected chi connectivity index (χ3v) is 4.19. The van der Waals surface area contributed by atoms with E-state index in [0.29, 0.717) is 10.8 Å². The molecule has 3 rings (SSSR count). The smallest absolute Gasteiger partial charge is 0.269 e. The Morgan fingerprint density at radius 2 is 1.78 bits per heavy atom. The Bertz CT molecular complexity index is 968. The fraction of sp³-hybridized carbons (Fsp3) is 0.0952. The van der Waals surface area contributed by atoms with Crippen LogP contribution in [-0.4, -0.2) is 11.1 Å². The molecule has 0 N–H and O–H groups in total. The van der Waals surface area contributed by atoms with E-state index in [0.717, 1.165) is 16.8 Å². The van der Waals surface area contributed by atoms with E-state index in [2.05, 4.69) is 4.99 Å². The molecule has 27 heavy (non-hydrogen) atoms. The van der Waals surface area contributed by atoms with Crippen molar-refractivity contribution in [3.63, 3.8) is 0 Å². The first-order chi connectivity index (χ1) is 13.0. The number of nitro benzene ring substituents is 1. The van der Waals surface area contributed by atoms with Crippen LogP contribution in [0, 0.1) is 17.0 Å². The van der Waals surface area contributed by atoms with Crippen LogP contribution in [0.4, 0.5) is 11.4 Å². The summed E-state index contributed by atoms with van der Waals surface area (Å²) in [5.74, 6) is 0.544. The van der Waals surface area contributed by atoms with Crippen molar-refractivity contribution in [1.29, 1.82) is 0 Å². The van der Waals surface area contributed by atoms with Crippen LogP contribution in [0.1, 0.15) is 16.7 Å². The van der Waals surface area contributed by atoms with Gasteiger partial charge in [-0.05, 0) is 60.5 Å². The van der Waals surface area contributed by atoms with Crippen LogP contribution in [0.5, 0.6) is 5.75 Å². The highest BCUT2D eigenvalue weighted by Gasteiger charge is 2.06. The largest absolute Gasteiger partial charge is 0.487 e. The number of rotatable bonds is 6. The van der Waals surface area contributed by atoms with Crippen LogP contribution in [-0.2, 0) is 6.61 Å². The van der Waals surface area contributed by atoms with Crippen molar-refractivity contribution in [2.45, 2.75) is 13.5 Å². The van der Waals surface area contributed by atoms with Gasteiger partial charge in [-0.25, -0.2) is 0 Å². The van der Waals surface area contributed by atoms with E-state index in [-0.39, 0.29) is 12.3 Å². The Morgan fingerprint density at radius 1 is 1.07 bits per heavy atom. The van der Waals surface area contributed by atoms with Gasteiger partial charge in [0.25, 0.3) is 5.69 Å². The number of non-ortho nitro benzene ring substituents is 1. The van der Waals surface area contributed by atoms with Gasteiger partial charge in [-0.3, -0.25) is 15.1 Å². The van der Waals surface area contributed by atoms with Crippen molar-refractivity contribution in [2.75, 3.05) is 0 Å². The first-order valence-electron chi connectivity index (χ1n) is 8.28. The molecule has 0 fully saturated rings. The lowest BCUT2D eigenvalue weighted by atomic mass is 10.2. The average Bonchev–Trinajstić information content (AvgIpc) is 2.67. The SMILES string of the molecule is Cc1ccc(N=Cc2ccc(OCc3ccc([N+](=O)[O-])cc3)c(Cl)c2)cc1. The normalized spacial score (nSPS) is 10.9. The molecule has 0 spiro atoms. The molecule has 0 aliphatic rings. The second kappa shape index (κ2) is 8.47. The van der Waals surface area contributed by atoms with Gasteiger partial charge >= 0.3 is 0 Å². The van der Waals surface area contributed by atoms with Gasteiger partial charge in [-0.15, -0.1) is 0 Å². The zero-order valence-electron chi connectivity index (χ0n) is 14.6. The van der Waals surface area contributed by atoms with Gasteiger partial charge in [0.1, 0.15) is 12.4 Å². The van der Waals surface area contributed by atoms with Crippen LogP contribution in [0.3, 0.4) is 0 Å². The average molecular weight is 381 g/mol. The second-order valence-electron chi connectivity index (χ2n) is 6.00. The molecular formula is C21H17ClN2O3. The van der Waals surface area contributed by atoms with E-state index >= 15 is 0 Å². The summed E-state index contributed by atoms with van der Waals surface area (Å²) in [6.07, 6.45) is 1.75. The Morgan fingerprint density at radius 3 is 2.41 bits per heavy atom. The molecule has 0 amide bonds. The molecule has 0 radical (unpaired) electrons. The van der Waals surface area contributed by atoms with Gasteiger partial charge in [-0.2, -0.15) is 0 Å². The number of ether oxygens (including phenoxy) is 1. The maximum atomic E-state index is 10.7. The van der Waals surface area contributed by atoms with Crippen LogP contribution in [0.2, 0.25) is 5.02 Å². The minimum Gasteiger partial charge on any atom is -0.487 e. The van der Waals surface area contributed by atoms with E-state index in [1.54, 1.807) is 30.5 Å².